The first kappa shape index (κ1) is 19.1. The normalized spacial score (nSPS) is 11.2. The molecule has 0 unspecified atom stereocenters. The zero-order valence-corrected chi connectivity index (χ0v) is 17.8. The lowest BCUT2D eigenvalue weighted by Crippen LogP contribution is -1.98. The summed E-state index contributed by atoms with van der Waals surface area (Å²) in [5.41, 5.74) is 7.27. The number of para-hydroxylation sites is 1. The fourth-order valence-corrected chi connectivity index (χ4v) is 3.76. The Morgan fingerprint density at radius 1 is 0.903 bits per heavy atom. The molecule has 154 valence electrons. The van der Waals surface area contributed by atoms with Gasteiger partial charge in [0.15, 0.2) is 0 Å². The number of ether oxygens (including phenoxy) is 1. The lowest BCUT2D eigenvalue weighted by atomic mass is 10.0. The quantitative estimate of drug-likeness (QED) is 0.413. The number of aryl methyl sites for hydroxylation is 3. The third-order valence-electron chi connectivity index (χ3n) is 5.33. The number of benzene rings is 2. The molecule has 3 aromatic heterocycles. The van der Waals surface area contributed by atoms with Gasteiger partial charge in [-0.05, 0) is 30.2 Å². The maximum Gasteiger partial charge on any atom is 0.241 e. The van der Waals surface area contributed by atoms with Gasteiger partial charge < -0.3 is 4.74 Å². The van der Waals surface area contributed by atoms with E-state index in [0.29, 0.717) is 12.5 Å². The molecule has 0 aliphatic rings. The van der Waals surface area contributed by atoms with E-state index in [1.807, 2.05) is 50.9 Å². The van der Waals surface area contributed by atoms with Gasteiger partial charge in [-0.15, -0.1) is 5.10 Å². The van der Waals surface area contributed by atoms with Crippen LogP contribution in [0.1, 0.15) is 11.1 Å². The lowest BCUT2D eigenvalue weighted by molar-refractivity contribution is 0.292. The highest BCUT2D eigenvalue weighted by Gasteiger charge is 2.13. The Hall–Kier alpha value is -3.93. The van der Waals surface area contributed by atoms with E-state index in [9.17, 15) is 0 Å². The monoisotopic (exact) mass is 409 g/mol. The highest BCUT2D eigenvalue weighted by atomic mass is 16.5. The van der Waals surface area contributed by atoms with E-state index in [1.54, 1.807) is 9.36 Å². The minimum Gasteiger partial charge on any atom is -0.471 e. The van der Waals surface area contributed by atoms with Crippen LogP contribution in [0, 0.1) is 6.92 Å². The Bertz CT molecular complexity index is 1360. The van der Waals surface area contributed by atoms with Crippen molar-refractivity contribution in [1.29, 1.82) is 0 Å². The van der Waals surface area contributed by atoms with E-state index >= 15 is 0 Å². The Morgan fingerprint density at radius 2 is 1.71 bits per heavy atom. The average molecular weight is 409 g/mol. The summed E-state index contributed by atoms with van der Waals surface area (Å²) in [5, 5.41) is 9.87. The number of aromatic nitrogens is 5. The molecule has 0 N–H and O–H groups in total. The van der Waals surface area contributed by atoms with Crippen molar-refractivity contribution in [1.82, 2.24) is 24.5 Å². The van der Waals surface area contributed by atoms with Crippen molar-refractivity contribution in [2.75, 3.05) is 0 Å². The highest BCUT2D eigenvalue weighted by molar-refractivity contribution is 5.83. The van der Waals surface area contributed by atoms with Crippen molar-refractivity contribution >= 4 is 10.9 Å². The zero-order valence-electron chi connectivity index (χ0n) is 17.8. The Kier molecular flexibility index (Phi) is 4.75. The highest BCUT2D eigenvalue weighted by Crippen LogP contribution is 2.29. The van der Waals surface area contributed by atoms with Crippen LogP contribution in [0.25, 0.3) is 33.3 Å². The predicted molar refractivity (Wildman–Crippen MR) is 122 cm³/mol. The smallest absolute Gasteiger partial charge is 0.241 e. The van der Waals surface area contributed by atoms with Crippen molar-refractivity contribution in [3.8, 4) is 28.3 Å². The van der Waals surface area contributed by atoms with Crippen molar-refractivity contribution < 1.29 is 4.74 Å². The van der Waals surface area contributed by atoms with Crippen LogP contribution >= 0.6 is 0 Å². The van der Waals surface area contributed by atoms with E-state index in [2.05, 4.69) is 53.5 Å². The SMILES string of the molecule is Cc1cc2ccccc2nc1-c1ccc(COc2nn(C)cc2-c2cnn(C)c2)cc1. The topological polar surface area (TPSA) is 57.8 Å². The maximum atomic E-state index is 6.05. The summed E-state index contributed by atoms with van der Waals surface area (Å²) in [7, 11) is 3.79. The Labute approximate surface area is 180 Å². The summed E-state index contributed by atoms with van der Waals surface area (Å²) in [6.45, 7) is 2.54. The first-order chi connectivity index (χ1) is 15.1. The van der Waals surface area contributed by atoms with Gasteiger partial charge in [-0.25, -0.2) is 4.98 Å². The van der Waals surface area contributed by atoms with Crippen LogP contribution in [0.15, 0.2) is 73.2 Å². The van der Waals surface area contributed by atoms with Crippen molar-refractivity contribution in [3.63, 3.8) is 0 Å². The van der Waals surface area contributed by atoms with Crippen LogP contribution in [0.4, 0.5) is 0 Å². The summed E-state index contributed by atoms with van der Waals surface area (Å²) >= 11 is 0. The van der Waals surface area contributed by atoms with Gasteiger partial charge in [0, 0.05) is 43.0 Å². The molecule has 0 amide bonds. The number of rotatable bonds is 5. The van der Waals surface area contributed by atoms with Gasteiger partial charge in [0.2, 0.25) is 5.88 Å². The molecule has 6 nitrogen and oxygen atoms in total. The minimum atomic E-state index is 0.439. The largest absolute Gasteiger partial charge is 0.471 e. The number of hydrogen-bond acceptors (Lipinski definition) is 4. The Balaban J connectivity index is 1.36. The second-order valence-corrected chi connectivity index (χ2v) is 7.76. The summed E-state index contributed by atoms with van der Waals surface area (Å²) < 4.78 is 9.58. The molecule has 6 heteroatoms. The molecule has 2 aromatic carbocycles. The number of nitrogens with zero attached hydrogens (tertiary/aromatic N) is 5. The molecule has 0 atom stereocenters. The summed E-state index contributed by atoms with van der Waals surface area (Å²) in [4.78, 5) is 4.87. The van der Waals surface area contributed by atoms with Crippen LogP contribution in [0.5, 0.6) is 5.88 Å². The molecule has 5 rings (SSSR count). The third-order valence-corrected chi connectivity index (χ3v) is 5.33. The Morgan fingerprint density at radius 3 is 2.48 bits per heavy atom. The van der Waals surface area contributed by atoms with Crippen LogP contribution in [-0.4, -0.2) is 24.5 Å². The summed E-state index contributed by atoms with van der Waals surface area (Å²) in [6.07, 6.45) is 5.72. The molecule has 0 saturated carbocycles. The molecule has 0 radical (unpaired) electrons. The van der Waals surface area contributed by atoms with Gasteiger partial charge in [0.25, 0.3) is 0 Å². The molecule has 0 bridgehead atoms. The van der Waals surface area contributed by atoms with Crippen molar-refractivity contribution in [2.45, 2.75) is 13.5 Å². The van der Waals surface area contributed by atoms with Gasteiger partial charge in [0.1, 0.15) is 6.61 Å². The molecule has 5 aromatic rings. The van der Waals surface area contributed by atoms with Crippen molar-refractivity contribution in [3.05, 3.63) is 84.3 Å². The molecule has 0 aliphatic heterocycles. The van der Waals surface area contributed by atoms with E-state index in [-0.39, 0.29) is 0 Å². The lowest BCUT2D eigenvalue weighted by Gasteiger charge is -2.09. The van der Waals surface area contributed by atoms with Crippen molar-refractivity contribution in [2.24, 2.45) is 14.1 Å². The summed E-state index contributed by atoms with van der Waals surface area (Å²) in [5.74, 6) is 0.603. The van der Waals surface area contributed by atoms with Gasteiger partial charge in [-0.2, -0.15) is 5.10 Å². The van der Waals surface area contributed by atoms with Crippen LogP contribution in [0.3, 0.4) is 0 Å². The first-order valence-electron chi connectivity index (χ1n) is 10.2. The molecule has 0 aliphatic carbocycles. The van der Waals surface area contributed by atoms with E-state index in [0.717, 1.165) is 44.4 Å². The van der Waals surface area contributed by atoms with Gasteiger partial charge in [-0.3, -0.25) is 9.36 Å². The molecule has 31 heavy (non-hydrogen) atoms. The van der Waals surface area contributed by atoms with Crippen LogP contribution in [0.2, 0.25) is 0 Å². The molecular weight excluding hydrogens is 386 g/mol. The van der Waals surface area contributed by atoms with E-state index in [4.69, 9.17) is 9.72 Å². The molecule has 0 fully saturated rings. The first-order valence-corrected chi connectivity index (χ1v) is 10.2. The van der Waals surface area contributed by atoms with Gasteiger partial charge >= 0.3 is 0 Å². The maximum absolute atomic E-state index is 6.05. The summed E-state index contributed by atoms with van der Waals surface area (Å²) in [6, 6.07) is 18.8. The second-order valence-electron chi connectivity index (χ2n) is 7.76. The van der Waals surface area contributed by atoms with Crippen LogP contribution in [-0.2, 0) is 20.7 Å². The van der Waals surface area contributed by atoms with Gasteiger partial charge in [0.05, 0.1) is 23.0 Å². The fraction of sp³-hybridized carbons (Fsp3) is 0.160. The predicted octanol–water partition coefficient (Wildman–Crippen LogP) is 4.92. The number of hydrogen-bond donors (Lipinski definition) is 0. The number of fused-ring (bicyclic) bond motifs is 1. The molecule has 0 saturated heterocycles. The average Bonchev–Trinajstić information content (AvgIpc) is 3.37. The fourth-order valence-electron chi connectivity index (χ4n) is 3.76. The van der Waals surface area contributed by atoms with Crippen LogP contribution < -0.4 is 4.74 Å². The zero-order chi connectivity index (χ0) is 21.4. The van der Waals surface area contributed by atoms with E-state index in [1.165, 1.54) is 0 Å². The standard InChI is InChI=1S/C25H23N5O/c1-17-12-20-6-4-5-7-23(20)27-24(17)19-10-8-18(9-11-19)16-31-25-22(15-30(3)28-25)21-13-26-29(2)14-21/h4-15H,16H2,1-3H3. The number of pyridine rings is 1. The third kappa shape index (κ3) is 3.80. The van der Waals surface area contributed by atoms with E-state index < -0.39 is 0 Å². The van der Waals surface area contributed by atoms with Gasteiger partial charge in [-0.1, -0.05) is 42.5 Å². The molecule has 3 heterocycles. The molecular formula is C25H23N5O. The minimum absolute atomic E-state index is 0.439. The second kappa shape index (κ2) is 7.72. The molecule has 0 spiro atoms.